The molecule has 15 nitrogen and oxygen atoms in total. The number of ether oxygens (including phenoxy) is 3. The lowest BCUT2D eigenvalue weighted by Gasteiger charge is -2.22. The van der Waals surface area contributed by atoms with E-state index < -0.39 is 44.1 Å². The van der Waals surface area contributed by atoms with Gasteiger partial charge in [-0.05, 0) is 18.8 Å². The van der Waals surface area contributed by atoms with E-state index in [4.69, 9.17) is 40.5 Å². The Labute approximate surface area is 252 Å². The van der Waals surface area contributed by atoms with Crippen LogP contribution in [0.5, 0.6) is 0 Å². The molecule has 0 radical (unpaired) electrons. The van der Waals surface area contributed by atoms with E-state index in [2.05, 4.69) is 15.0 Å². The van der Waals surface area contributed by atoms with Gasteiger partial charge in [-0.25, -0.2) is 15.0 Å². The van der Waals surface area contributed by atoms with Gasteiger partial charge in [0.05, 0.1) is 32.2 Å². The monoisotopic (exact) mass is 637 g/mol. The normalized spacial score (nSPS) is 15.3. The number of esters is 2. The van der Waals surface area contributed by atoms with Crippen LogP contribution in [-0.2, 0) is 44.0 Å². The Bertz CT molecular complexity index is 1130. The van der Waals surface area contributed by atoms with Crippen LogP contribution in [0.4, 0.5) is 5.82 Å². The van der Waals surface area contributed by atoms with E-state index in [1.165, 1.54) is 6.33 Å². The summed E-state index contributed by atoms with van der Waals surface area (Å²) < 4.78 is 42.3. The molecule has 2 rings (SSSR count). The molecule has 0 spiro atoms. The predicted octanol–water partition coefficient (Wildman–Crippen LogP) is 2.25. The van der Waals surface area contributed by atoms with Gasteiger partial charge in [-0.2, -0.15) is 0 Å². The molecule has 0 aromatic carbocycles. The average molecular weight is 638 g/mol. The van der Waals surface area contributed by atoms with E-state index in [0.29, 0.717) is 30.6 Å². The predicted molar refractivity (Wildman–Crippen MR) is 159 cm³/mol. The maximum absolute atomic E-state index is 13.5. The molecule has 17 heteroatoms. The van der Waals surface area contributed by atoms with Gasteiger partial charge in [-0.1, -0.05) is 40.5 Å². The fraction of sp³-hybridized carbons (Fsp3) is 0.720. The highest BCUT2D eigenvalue weighted by molar-refractivity contribution is 7.53. The first-order chi connectivity index (χ1) is 19.4. The highest BCUT2D eigenvalue weighted by atomic mass is 35.5. The molecule has 2 aromatic rings. The molecule has 0 fully saturated rings. The minimum atomic E-state index is -3.87. The van der Waals surface area contributed by atoms with Crippen LogP contribution < -0.4 is 17.2 Å². The summed E-state index contributed by atoms with van der Waals surface area (Å²) in [5.41, 5.74) is 18.6. The summed E-state index contributed by atoms with van der Waals surface area (Å²) in [6, 6.07) is -1.55. The molecule has 5 atom stereocenters. The second kappa shape index (κ2) is 18.3. The largest absolute Gasteiger partial charge is 0.462 e. The Morgan fingerprint density at radius 2 is 1.43 bits per heavy atom. The van der Waals surface area contributed by atoms with Crippen LogP contribution in [0, 0.1) is 11.8 Å². The van der Waals surface area contributed by atoms with Gasteiger partial charge in [0, 0.05) is 0 Å². The quantitative estimate of drug-likeness (QED) is 0.114. The Balaban J connectivity index is 0.00000882. The fourth-order valence-electron chi connectivity index (χ4n) is 3.49. The summed E-state index contributed by atoms with van der Waals surface area (Å²) in [5.74, 6) is -1.01. The molecule has 42 heavy (non-hydrogen) atoms. The lowest BCUT2D eigenvalue weighted by Crippen LogP contribution is -2.38. The molecule has 2 heterocycles. The van der Waals surface area contributed by atoms with Crippen LogP contribution in [0.2, 0.25) is 0 Å². The third kappa shape index (κ3) is 11.4. The standard InChI is InChI=1S/C25H44N7O8P.ClH/c1-6-16(3)19(26)24(33)36-8-10-39-41(35,40-11-9-37-25(34)20(27)17(4)7-2)15-38-18(5)12-32-14-31-21-22(28)29-13-30-23(21)32;/h13-14,16-20H,6-12,15,26-27H2,1-5H3,(H2,28,29,30);1H/t16-,17-,18+,19-,20-;/m0./s1. The van der Waals surface area contributed by atoms with Gasteiger partial charge < -0.3 is 45.0 Å². The number of aromatic nitrogens is 4. The Morgan fingerprint density at radius 3 is 1.93 bits per heavy atom. The second-order valence-electron chi connectivity index (χ2n) is 9.87. The number of halogens is 1. The van der Waals surface area contributed by atoms with Gasteiger partial charge in [0.2, 0.25) is 0 Å². The number of nitrogens with two attached hydrogens (primary N) is 3. The molecule has 6 N–H and O–H groups in total. The molecule has 0 aliphatic rings. The van der Waals surface area contributed by atoms with Gasteiger partial charge in [0.1, 0.15) is 43.5 Å². The maximum Gasteiger partial charge on any atom is 0.356 e. The van der Waals surface area contributed by atoms with Gasteiger partial charge in [-0.15, -0.1) is 12.4 Å². The van der Waals surface area contributed by atoms with E-state index in [-0.39, 0.29) is 56.5 Å². The second-order valence-corrected chi connectivity index (χ2v) is 11.9. The first kappa shape index (κ1) is 37.6. The third-order valence-electron chi connectivity index (χ3n) is 6.69. The molecule has 0 unspecified atom stereocenters. The number of anilines is 1. The molecule has 0 saturated carbocycles. The van der Waals surface area contributed by atoms with Crippen molar-refractivity contribution in [1.82, 2.24) is 19.5 Å². The lowest BCUT2D eigenvalue weighted by atomic mass is 10.0. The molecule has 0 amide bonds. The summed E-state index contributed by atoms with van der Waals surface area (Å²) in [5, 5.41) is 0. The number of imidazole rings is 1. The molecule has 0 saturated heterocycles. The number of hydrogen-bond donors (Lipinski definition) is 3. The SMILES string of the molecule is CC[C@H](C)[C@H](N)C(=O)OCCOP(=O)(CO[C@H](C)Cn1cnc2c(N)ncnc21)OCCOC(=O)[C@@H](N)[C@@H](C)CC.Cl. The van der Waals surface area contributed by atoms with E-state index >= 15 is 0 Å². The zero-order chi connectivity index (χ0) is 30.6. The molecule has 0 bridgehead atoms. The van der Waals surface area contributed by atoms with Crippen LogP contribution in [-0.4, -0.2) is 82.4 Å². The van der Waals surface area contributed by atoms with Crippen LogP contribution in [0.1, 0.15) is 47.5 Å². The summed E-state index contributed by atoms with van der Waals surface area (Å²) in [6.07, 6.45) is 3.43. The molecule has 240 valence electrons. The first-order valence-corrected chi connectivity index (χ1v) is 15.4. The van der Waals surface area contributed by atoms with Crippen molar-refractivity contribution >= 4 is 48.9 Å². The van der Waals surface area contributed by atoms with E-state index in [9.17, 15) is 14.2 Å². The number of rotatable bonds is 19. The molecule has 0 aliphatic heterocycles. The third-order valence-corrected chi connectivity index (χ3v) is 8.31. The average Bonchev–Trinajstić information content (AvgIpc) is 3.38. The van der Waals surface area contributed by atoms with Gasteiger partial charge >= 0.3 is 19.5 Å². The lowest BCUT2D eigenvalue weighted by molar-refractivity contribution is -0.147. The van der Waals surface area contributed by atoms with Gasteiger partial charge in [-0.3, -0.25) is 14.2 Å². The van der Waals surface area contributed by atoms with E-state index in [0.717, 1.165) is 0 Å². The number of fused-ring (bicyclic) bond motifs is 1. The van der Waals surface area contributed by atoms with E-state index in [1.807, 2.05) is 27.7 Å². The minimum absolute atomic E-state index is 0. The van der Waals surface area contributed by atoms with Crippen LogP contribution >= 0.6 is 20.0 Å². The van der Waals surface area contributed by atoms with Crippen molar-refractivity contribution in [3.05, 3.63) is 12.7 Å². The Morgan fingerprint density at radius 1 is 0.905 bits per heavy atom. The number of hydrogen-bond acceptors (Lipinski definition) is 14. The van der Waals surface area contributed by atoms with Crippen molar-refractivity contribution in [3.8, 4) is 0 Å². The summed E-state index contributed by atoms with van der Waals surface area (Å²) in [7, 11) is -3.87. The fourth-order valence-corrected chi connectivity index (χ4v) is 4.86. The van der Waals surface area contributed by atoms with Crippen LogP contribution in [0.15, 0.2) is 12.7 Å². The van der Waals surface area contributed by atoms with Crippen molar-refractivity contribution in [1.29, 1.82) is 0 Å². The highest BCUT2D eigenvalue weighted by Crippen LogP contribution is 2.48. The van der Waals surface area contributed by atoms with Crippen LogP contribution in [0.3, 0.4) is 0 Å². The number of nitrogens with zero attached hydrogens (tertiary/aromatic N) is 4. The molecular formula is C25H45ClN7O8P. The molecular weight excluding hydrogens is 593 g/mol. The summed E-state index contributed by atoms with van der Waals surface area (Å²) in [6.45, 7) is 8.77. The zero-order valence-corrected chi connectivity index (χ0v) is 26.6. The Hall–Kier alpha value is -2.39. The van der Waals surface area contributed by atoms with Crippen LogP contribution in [0.25, 0.3) is 11.2 Å². The zero-order valence-electron chi connectivity index (χ0n) is 24.8. The summed E-state index contributed by atoms with van der Waals surface area (Å²) in [4.78, 5) is 36.6. The molecule has 2 aromatic heterocycles. The molecule has 0 aliphatic carbocycles. The van der Waals surface area contributed by atoms with Crippen molar-refractivity contribution in [2.24, 2.45) is 23.3 Å². The Kier molecular flexibility index (Phi) is 16.4. The van der Waals surface area contributed by atoms with E-state index in [1.54, 1.807) is 17.8 Å². The smallest absolute Gasteiger partial charge is 0.356 e. The van der Waals surface area contributed by atoms with Gasteiger partial charge in [0.25, 0.3) is 0 Å². The topological polar surface area (TPSA) is 219 Å². The van der Waals surface area contributed by atoms with Crippen molar-refractivity contribution in [2.75, 3.05) is 38.5 Å². The number of carbonyl (C=O) groups excluding carboxylic acids is 2. The van der Waals surface area contributed by atoms with Crippen molar-refractivity contribution < 1.29 is 37.4 Å². The number of carbonyl (C=O) groups is 2. The first-order valence-electron chi connectivity index (χ1n) is 13.7. The van der Waals surface area contributed by atoms with Crippen molar-refractivity contribution in [3.63, 3.8) is 0 Å². The minimum Gasteiger partial charge on any atom is -0.462 e. The number of nitrogen functional groups attached to an aromatic ring is 1. The highest BCUT2D eigenvalue weighted by Gasteiger charge is 2.28. The summed E-state index contributed by atoms with van der Waals surface area (Å²) >= 11 is 0. The maximum atomic E-state index is 13.5. The van der Waals surface area contributed by atoms with Crippen molar-refractivity contribution in [2.45, 2.75) is 72.2 Å². The van der Waals surface area contributed by atoms with Gasteiger partial charge in [0.15, 0.2) is 11.5 Å².